The topological polar surface area (TPSA) is 47.0 Å². The molecule has 0 radical (unpaired) electrons. The lowest BCUT2D eigenvalue weighted by Gasteiger charge is -2.30. The summed E-state index contributed by atoms with van der Waals surface area (Å²) in [5, 5.41) is 0.791. The molecule has 3 nitrogen and oxygen atoms in total. The van der Waals surface area contributed by atoms with Crippen LogP contribution < -0.4 is 0 Å². The largest absolute Gasteiger partial charge is 0.289 e. The number of hydrogen-bond acceptors (Lipinski definition) is 4. The Morgan fingerprint density at radius 1 is 0.885 bits per heavy atom. The monoisotopic (exact) mass is 363 g/mol. The Labute approximate surface area is 157 Å². The third-order valence-electron chi connectivity index (χ3n) is 6.16. The highest BCUT2D eigenvalue weighted by atomic mass is 32.2. The van der Waals surface area contributed by atoms with Crippen LogP contribution in [0.5, 0.6) is 0 Å². The molecule has 4 aliphatic rings. The minimum absolute atomic E-state index is 0.0904. The van der Waals surface area contributed by atoms with Gasteiger partial charge >= 0.3 is 0 Å². The first-order valence-electron chi connectivity index (χ1n) is 9.59. The van der Waals surface area contributed by atoms with Crippen LogP contribution in [0.4, 0.5) is 0 Å². The maximum absolute atomic E-state index is 13.5. The fraction of sp³-hybridized carbons (Fsp3) is 0.409. The normalized spacial score (nSPS) is 28.3. The van der Waals surface area contributed by atoms with Crippen molar-refractivity contribution in [3.63, 3.8) is 0 Å². The van der Waals surface area contributed by atoms with Crippen molar-refractivity contribution in [1.29, 1.82) is 0 Å². The van der Waals surface area contributed by atoms with E-state index in [0.29, 0.717) is 4.91 Å². The first kappa shape index (κ1) is 16.2. The number of ketones is 2. The molecule has 0 amide bonds. The van der Waals surface area contributed by atoms with Gasteiger partial charge in [0.15, 0.2) is 11.6 Å². The van der Waals surface area contributed by atoms with Crippen molar-refractivity contribution in [3.8, 4) is 0 Å². The molecule has 2 unspecified atom stereocenters. The molecular weight excluding hydrogens is 342 g/mol. The van der Waals surface area contributed by atoms with Gasteiger partial charge in [0.25, 0.3) is 0 Å². The summed E-state index contributed by atoms with van der Waals surface area (Å²) in [7, 11) is 0. The molecule has 5 rings (SSSR count). The first-order chi connectivity index (χ1) is 12.7. The van der Waals surface area contributed by atoms with Crippen molar-refractivity contribution in [1.82, 2.24) is 4.98 Å². The summed E-state index contributed by atoms with van der Waals surface area (Å²) in [5.41, 5.74) is 2.39. The molecule has 2 bridgehead atoms. The Kier molecular flexibility index (Phi) is 3.96. The molecule has 0 aliphatic heterocycles. The summed E-state index contributed by atoms with van der Waals surface area (Å²) < 4.78 is 0. The van der Waals surface area contributed by atoms with Crippen LogP contribution in [0.25, 0.3) is 0 Å². The zero-order valence-corrected chi connectivity index (χ0v) is 15.4. The van der Waals surface area contributed by atoms with Crippen molar-refractivity contribution in [3.05, 3.63) is 58.2 Å². The molecule has 1 aromatic rings. The van der Waals surface area contributed by atoms with Gasteiger partial charge in [-0.25, -0.2) is 4.98 Å². The number of pyridine rings is 1. The predicted molar refractivity (Wildman–Crippen MR) is 101 cm³/mol. The molecule has 0 N–H and O–H groups in total. The Balaban J connectivity index is 1.60. The highest BCUT2D eigenvalue weighted by Gasteiger charge is 2.48. The van der Waals surface area contributed by atoms with Gasteiger partial charge in [0.2, 0.25) is 0 Å². The SMILES string of the molecule is O=C1C(Sc2ccccn2)=C(C2CCCCC2)C(=O)C2=C1C1C=CC2C1. The van der Waals surface area contributed by atoms with Crippen LogP contribution in [0.3, 0.4) is 0 Å². The lowest BCUT2D eigenvalue weighted by Crippen LogP contribution is -2.29. The van der Waals surface area contributed by atoms with Gasteiger partial charge < -0.3 is 0 Å². The number of allylic oxidation sites excluding steroid dienone is 6. The lowest BCUT2D eigenvalue weighted by atomic mass is 9.75. The predicted octanol–water partition coefficient (Wildman–Crippen LogP) is 4.66. The fourth-order valence-corrected chi connectivity index (χ4v) is 6.02. The van der Waals surface area contributed by atoms with Gasteiger partial charge in [-0.15, -0.1) is 0 Å². The number of aromatic nitrogens is 1. The second kappa shape index (κ2) is 6.34. The number of nitrogens with zero attached hydrogens (tertiary/aromatic N) is 1. The van der Waals surface area contributed by atoms with E-state index in [0.717, 1.165) is 53.8 Å². The highest BCUT2D eigenvalue weighted by Crippen LogP contribution is 2.52. The molecule has 26 heavy (non-hydrogen) atoms. The molecule has 1 saturated carbocycles. The Morgan fingerprint density at radius 2 is 1.62 bits per heavy atom. The average Bonchev–Trinajstić information content (AvgIpc) is 3.29. The van der Waals surface area contributed by atoms with Crippen LogP contribution in [0, 0.1) is 17.8 Å². The van der Waals surface area contributed by atoms with Crippen LogP contribution in [-0.4, -0.2) is 16.6 Å². The van der Waals surface area contributed by atoms with E-state index in [1.807, 2.05) is 18.2 Å². The Morgan fingerprint density at radius 3 is 2.31 bits per heavy atom. The summed E-state index contributed by atoms with van der Waals surface area (Å²) in [6.45, 7) is 0. The quantitative estimate of drug-likeness (QED) is 0.579. The van der Waals surface area contributed by atoms with Gasteiger partial charge in [0.05, 0.1) is 4.91 Å². The summed E-state index contributed by atoms with van der Waals surface area (Å²) in [6.07, 6.45) is 12.5. The smallest absolute Gasteiger partial charge is 0.197 e. The number of hydrogen-bond donors (Lipinski definition) is 0. The van der Waals surface area contributed by atoms with Crippen LogP contribution in [0.2, 0.25) is 0 Å². The molecular formula is C22H21NO2S. The second-order valence-electron chi connectivity index (χ2n) is 7.67. The molecule has 0 spiro atoms. The van der Waals surface area contributed by atoms with Crippen LogP contribution in [0.15, 0.2) is 63.2 Å². The number of fused-ring (bicyclic) bond motifs is 4. The van der Waals surface area contributed by atoms with Gasteiger partial charge in [-0.2, -0.15) is 0 Å². The third kappa shape index (κ3) is 2.46. The molecule has 132 valence electrons. The molecule has 0 aromatic carbocycles. The van der Waals surface area contributed by atoms with Crippen LogP contribution >= 0.6 is 11.8 Å². The van der Waals surface area contributed by atoms with E-state index in [1.54, 1.807) is 6.20 Å². The van der Waals surface area contributed by atoms with E-state index >= 15 is 0 Å². The zero-order valence-electron chi connectivity index (χ0n) is 14.6. The maximum Gasteiger partial charge on any atom is 0.197 e. The minimum Gasteiger partial charge on any atom is -0.289 e. The number of carbonyl (C=O) groups is 2. The number of Topliss-reactive ketones (excluding diaryl/α,β-unsaturated/α-hetero) is 2. The van der Waals surface area contributed by atoms with Crippen molar-refractivity contribution < 1.29 is 9.59 Å². The van der Waals surface area contributed by atoms with Crippen molar-refractivity contribution >= 4 is 23.3 Å². The van der Waals surface area contributed by atoms with Crippen molar-refractivity contribution in [2.24, 2.45) is 17.8 Å². The maximum atomic E-state index is 13.5. The Hall–Kier alpha value is -1.94. The van der Waals surface area contributed by atoms with Crippen LogP contribution in [0.1, 0.15) is 38.5 Å². The molecule has 0 saturated heterocycles. The van der Waals surface area contributed by atoms with Gasteiger partial charge in [-0.05, 0) is 37.3 Å². The molecule has 2 atom stereocenters. The molecule has 4 heteroatoms. The van der Waals surface area contributed by atoms with Gasteiger partial charge in [0.1, 0.15) is 5.03 Å². The first-order valence-corrected chi connectivity index (χ1v) is 10.4. The van der Waals surface area contributed by atoms with E-state index in [1.165, 1.54) is 18.2 Å². The second-order valence-corrected chi connectivity index (χ2v) is 8.70. The van der Waals surface area contributed by atoms with E-state index in [9.17, 15) is 9.59 Å². The summed E-state index contributed by atoms with van der Waals surface area (Å²) in [6, 6.07) is 5.71. The lowest BCUT2D eigenvalue weighted by molar-refractivity contribution is -0.116. The molecule has 1 fully saturated rings. The summed E-state index contributed by atoms with van der Waals surface area (Å²) >= 11 is 1.39. The number of carbonyl (C=O) groups excluding carboxylic acids is 2. The number of thioether (sulfide) groups is 1. The summed E-state index contributed by atoms with van der Waals surface area (Å²) in [5.74, 6) is 0.767. The van der Waals surface area contributed by atoms with Gasteiger partial charge in [0, 0.05) is 34.8 Å². The van der Waals surface area contributed by atoms with Gasteiger partial charge in [-0.1, -0.05) is 49.2 Å². The zero-order chi connectivity index (χ0) is 17.7. The van der Waals surface area contributed by atoms with E-state index in [4.69, 9.17) is 0 Å². The third-order valence-corrected chi connectivity index (χ3v) is 7.22. The fourth-order valence-electron chi connectivity index (χ4n) is 4.98. The highest BCUT2D eigenvalue weighted by molar-refractivity contribution is 8.04. The van der Waals surface area contributed by atoms with Crippen molar-refractivity contribution in [2.45, 2.75) is 43.6 Å². The molecule has 1 aromatic heterocycles. The van der Waals surface area contributed by atoms with Crippen molar-refractivity contribution in [2.75, 3.05) is 0 Å². The summed E-state index contributed by atoms with van der Waals surface area (Å²) in [4.78, 5) is 32.0. The number of rotatable bonds is 3. The van der Waals surface area contributed by atoms with E-state index < -0.39 is 0 Å². The average molecular weight is 363 g/mol. The standard InChI is InChI=1S/C22H21NO2S/c24-20-17-14-9-10-15(12-14)18(17)21(25)22(26-16-8-4-5-11-23-16)19(20)13-6-2-1-3-7-13/h4-5,8-11,13-15H,1-3,6-7,12H2. The van der Waals surface area contributed by atoms with E-state index in [2.05, 4.69) is 17.1 Å². The minimum atomic E-state index is 0.0904. The van der Waals surface area contributed by atoms with Crippen LogP contribution in [-0.2, 0) is 9.59 Å². The molecule has 4 aliphatic carbocycles. The van der Waals surface area contributed by atoms with E-state index in [-0.39, 0.29) is 29.3 Å². The Bertz CT molecular complexity index is 875. The molecule has 1 heterocycles. The van der Waals surface area contributed by atoms with Gasteiger partial charge in [-0.3, -0.25) is 9.59 Å².